The van der Waals surface area contributed by atoms with E-state index in [-0.39, 0.29) is 27.9 Å². The fourth-order valence-electron chi connectivity index (χ4n) is 4.23. The minimum Gasteiger partial charge on any atom is -0.497 e. The zero-order chi connectivity index (χ0) is 27.5. The number of hydrogen-bond acceptors (Lipinski definition) is 6. The predicted molar refractivity (Wildman–Crippen MR) is 146 cm³/mol. The van der Waals surface area contributed by atoms with Crippen LogP contribution in [0.2, 0.25) is 0 Å². The summed E-state index contributed by atoms with van der Waals surface area (Å²) in [5, 5.41) is 5.53. The van der Waals surface area contributed by atoms with Crippen molar-refractivity contribution in [3.05, 3.63) is 113 Å². The lowest BCUT2D eigenvalue weighted by atomic mass is 10.1. The second kappa shape index (κ2) is 10.5. The molecule has 2 N–H and O–H groups in total. The second-order valence-electron chi connectivity index (χ2n) is 8.63. The van der Waals surface area contributed by atoms with E-state index in [9.17, 15) is 19.2 Å². The summed E-state index contributed by atoms with van der Waals surface area (Å²) in [5.41, 5.74) is 1.66. The maximum absolute atomic E-state index is 13.3. The van der Waals surface area contributed by atoms with Crippen LogP contribution in [-0.2, 0) is 0 Å². The normalized spacial score (nSPS) is 12.1. The molecule has 0 bridgehead atoms. The number of imide groups is 1. The highest BCUT2D eigenvalue weighted by molar-refractivity contribution is 6.34. The van der Waals surface area contributed by atoms with Gasteiger partial charge < -0.3 is 20.1 Å². The molecule has 0 fully saturated rings. The van der Waals surface area contributed by atoms with E-state index in [0.717, 1.165) is 4.90 Å². The molecule has 0 radical (unpaired) electrons. The van der Waals surface area contributed by atoms with Gasteiger partial charge in [-0.2, -0.15) is 0 Å². The Bertz CT molecular complexity index is 1520. The summed E-state index contributed by atoms with van der Waals surface area (Å²) in [6.45, 7) is 0. The molecule has 4 aromatic carbocycles. The van der Waals surface area contributed by atoms with Crippen molar-refractivity contribution in [1.29, 1.82) is 0 Å². The van der Waals surface area contributed by atoms with E-state index in [1.807, 2.05) is 0 Å². The molecule has 5 rings (SSSR count). The number of nitrogens with zero attached hydrogens (tertiary/aromatic N) is 1. The van der Waals surface area contributed by atoms with Crippen molar-refractivity contribution in [3.63, 3.8) is 0 Å². The highest BCUT2D eigenvalue weighted by Gasteiger charge is 2.37. The Morgan fingerprint density at radius 1 is 0.615 bits per heavy atom. The number of rotatable bonds is 7. The average Bonchev–Trinajstić information content (AvgIpc) is 3.22. The van der Waals surface area contributed by atoms with Crippen LogP contribution in [0.3, 0.4) is 0 Å². The molecule has 0 saturated heterocycles. The first-order chi connectivity index (χ1) is 18.9. The molecule has 0 atom stereocenters. The fraction of sp³-hybridized carbons (Fsp3) is 0.0667. The van der Waals surface area contributed by atoms with Gasteiger partial charge in [-0.1, -0.05) is 24.3 Å². The Labute approximate surface area is 224 Å². The van der Waals surface area contributed by atoms with Gasteiger partial charge in [0.1, 0.15) is 11.5 Å². The van der Waals surface area contributed by atoms with Gasteiger partial charge in [-0.25, -0.2) is 4.90 Å². The Balaban J connectivity index is 1.53. The number of hydrogen-bond donors (Lipinski definition) is 2. The molecule has 0 spiro atoms. The summed E-state index contributed by atoms with van der Waals surface area (Å²) in [6.07, 6.45) is 0. The monoisotopic (exact) mass is 521 g/mol. The summed E-state index contributed by atoms with van der Waals surface area (Å²) in [5.74, 6) is -1.08. The molecular weight excluding hydrogens is 498 g/mol. The number of carbonyl (C=O) groups excluding carboxylic acids is 4. The molecule has 4 aromatic rings. The molecule has 0 unspecified atom stereocenters. The summed E-state index contributed by atoms with van der Waals surface area (Å²) in [7, 11) is 3.03. The summed E-state index contributed by atoms with van der Waals surface area (Å²) in [4.78, 5) is 53.9. The molecule has 9 nitrogen and oxygen atoms in total. The van der Waals surface area contributed by atoms with E-state index in [0.29, 0.717) is 22.9 Å². The van der Waals surface area contributed by atoms with Crippen LogP contribution in [-0.4, -0.2) is 37.8 Å². The molecule has 1 aliphatic rings. The SMILES string of the molecule is COc1cccc(NC(=O)c2cc(C(=O)Nc3cccc(OC)c3)cc(N3C(=O)c4ccccc4C3=O)c2)c1. The first kappa shape index (κ1) is 25.2. The predicted octanol–water partition coefficient (Wildman–Crippen LogP) is 5.01. The second-order valence-corrected chi connectivity index (χ2v) is 8.63. The van der Waals surface area contributed by atoms with Crippen molar-refractivity contribution >= 4 is 40.7 Å². The van der Waals surface area contributed by atoms with Crippen LogP contribution < -0.4 is 25.0 Å². The lowest BCUT2D eigenvalue weighted by Gasteiger charge is -2.17. The number of amides is 4. The zero-order valence-electron chi connectivity index (χ0n) is 21.1. The third kappa shape index (κ3) is 5.05. The molecule has 9 heteroatoms. The van der Waals surface area contributed by atoms with Gasteiger partial charge in [0.25, 0.3) is 23.6 Å². The average molecular weight is 522 g/mol. The van der Waals surface area contributed by atoms with Gasteiger partial charge in [-0.05, 0) is 54.6 Å². The number of ether oxygens (including phenoxy) is 2. The van der Waals surface area contributed by atoms with Crippen molar-refractivity contribution in [1.82, 2.24) is 0 Å². The van der Waals surface area contributed by atoms with Gasteiger partial charge >= 0.3 is 0 Å². The van der Waals surface area contributed by atoms with Gasteiger partial charge in [0, 0.05) is 34.6 Å². The quantitative estimate of drug-likeness (QED) is 0.331. The highest BCUT2D eigenvalue weighted by atomic mass is 16.5. The van der Waals surface area contributed by atoms with Crippen molar-refractivity contribution in [2.75, 3.05) is 29.8 Å². The minimum absolute atomic E-state index is 0.0719. The molecule has 0 aromatic heterocycles. The Morgan fingerprint density at radius 2 is 1.08 bits per heavy atom. The number of nitrogens with one attached hydrogen (secondary N) is 2. The van der Waals surface area contributed by atoms with Gasteiger partial charge in [0.15, 0.2) is 0 Å². The van der Waals surface area contributed by atoms with Gasteiger partial charge in [-0.3, -0.25) is 19.2 Å². The number of benzene rings is 4. The molecule has 39 heavy (non-hydrogen) atoms. The standard InChI is InChI=1S/C30H23N3O6/c1-38-23-9-5-7-20(16-23)31-27(34)18-13-19(28(35)32-21-8-6-10-24(17-21)39-2)15-22(14-18)33-29(36)25-11-3-4-12-26(25)30(33)37/h3-17H,1-2H3,(H,31,34)(H,32,35). The van der Waals surface area contributed by atoms with Crippen molar-refractivity contribution in [2.45, 2.75) is 0 Å². The highest BCUT2D eigenvalue weighted by Crippen LogP contribution is 2.31. The van der Waals surface area contributed by atoms with E-state index < -0.39 is 23.6 Å². The zero-order valence-corrected chi connectivity index (χ0v) is 21.1. The lowest BCUT2D eigenvalue weighted by molar-refractivity contribution is 0.0922. The smallest absolute Gasteiger partial charge is 0.266 e. The number of fused-ring (bicyclic) bond motifs is 1. The topological polar surface area (TPSA) is 114 Å². The first-order valence-electron chi connectivity index (χ1n) is 11.9. The number of methoxy groups -OCH3 is 2. The van der Waals surface area contributed by atoms with Crippen LogP contribution in [0.25, 0.3) is 0 Å². The van der Waals surface area contributed by atoms with Crippen molar-refractivity contribution < 1.29 is 28.7 Å². The maximum Gasteiger partial charge on any atom is 0.266 e. The molecule has 4 amide bonds. The van der Waals surface area contributed by atoms with Crippen LogP contribution >= 0.6 is 0 Å². The fourth-order valence-corrected chi connectivity index (χ4v) is 4.23. The lowest BCUT2D eigenvalue weighted by Crippen LogP contribution is -2.30. The molecule has 1 aliphatic heterocycles. The third-order valence-electron chi connectivity index (χ3n) is 6.15. The molecular formula is C30H23N3O6. The molecule has 0 aliphatic carbocycles. The summed E-state index contributed by atoms with van der Waals surface area (Å²) >= 11 is 0. The molecule has 0 saturated carbocycles. The van der Waals surface area contributed by atoms with E-state index in [1.54, 1.807) is 72.8 Å². The van der Waals surface area contributed by atoms with Crippen LogP contribution in [0, 0.1) is 0 Å². The summed E-state index contributed by atoms with van der Waals surface area (Å²) in [6, 6.07) is 24.2. The van der Waals surface area contributed by atoms with E-state index in [1.165, 1.54) is 32.4 Å². The maximum atomic E-state index is 13.3. The van der Waals surface area contributed by atoms with Crippen LogP contribution in [0.15, 0.2) is 91.0 Å². The van der Waals surface area contributed by atoms with Crippen LogP contribution in [0.1, 0.15) is 41.4 Å². The summed E-state index contributed by atoms with van der Waals surface area (Å²) < 4.78 is 10.4. The van der Waals surface area contributed by atoms with Gasteiger partial charge in [-0.15, -0.1) is 0 Å². The molecule has 1 heterocycles. The number of anilines is 3. The third-order valence-corrected chi connectivity index (χ3v) is 6.15. The van der Waals surface area contributed by atoms with Crippen molar-refractivity contribution in [3.8, 4) is 11.5 Å². The number of carbonyl (C=O) groups is 4. The van der Waals surface area contributed by atoms with E-state index in [4.69, 9.17) is 9.47 Å². The largest absolute Gasteiger partial charge is 0.497 e. The van der Waals surface area contributed by atoms with Crippen LogP contribution in [0.4, 0.5) is 17.1 Å². The van der Waals surface area contributed by atoms with E-state index in [2.05, 4.69) is 10.6 Å². The minimum atomic E-state index is -0.544. The Hall–Kier alpha value is -5.44. The Kier molecular flexibility index (Phi) is 6.79. The molecule has 194 valence electrons. The van der Waals surface area contributed by atoms with Gasteiger partial charge in [0.05, 0.1) is 31.0 Å². The Morgan fingerprint density at radius 3 is 1.51 bits per heavy atom. The van der Waals surface area contributed by atoms with Gasteiger partial charge in [0.2, 0.25) is 0 Å². The van der Waals surface area contributed by atoms with Crippen LogP contribution in [0.5, 0.6) is 11.5 Å². The van der Waals surface area contributed by atoms with E-state index >= 15 is 0 Å². The van der Waals surface area contributed by atoms with Crippen molar-refractivity contribution in [2.24, 2.45) is 0 Å². The first-order valence-corrected chi connectivity index (χ1v) is 11.9.